The Kier molecular flexibility index (Phi) is 9.34. The first-order valence-electron chi connectivity index (χ1n) is 11.7. The highest BCUT2D eigenvalue weighted by Crippen LogP contribution is 2.43. The number of para-hydroxylation sites is 1. The standard InChI is InChI=1S/C28H25BrN4O2S2/c1-18-25(27(35)33-21-6-3-2-4-7-21)26(23-8-5-15-36-23)22(16-30)28(32-18)37-17-24(34)31-14-13-19-9-11-20(29)12-10-19/h2-12,15,22,26H,13-14,17H2,1H3,(H,31,34)(H,33,35). The number of nitrogens with one attached hydrogen (secondary N) is 2. The van der Waals surface area contributed by atoms with Crippen molar-refractivity contribution in [3.63, 3.8) is 0 Å². The maximum absolute atomic E-state index is 13.4. The van der Waals surface area contributed by atoms with Crippen molar-refractivity contribution in [3.8, 4) is 6.07 Å². The number of allylic oxidation sites excluding steroid dienone is 1. The molecule has 37 heavy (non-hydrogen) atoms. The van der Waals surface area contributed by atoms with Crippen molar-refractivity contribution in [2.45, 2.75) is 19.3 Å². The van der Waals surface area contributed by atoms with Crippen LogP contribution in [0.15, 0.2) is 92.8 Å². The van der Waals surface area contributed by atoms with E-state index in [-0.39, 0.29) is 17.6 Å². The maximum atomic E-state index is 13.4. The molecule has 6 nitrogen and oxygen atoms in total. The number of thiophene rings is 1. The summed E-state index contributed by atoms with van der Waals surface area (Å²) >= 11 is 6.18. The molecule has 0 radical (unpaired) electrons. The number of thioether (sulfide) groups is 1. The molecule has 0 fully saturated rings. The number of benzene rings is 2. The van der Waals surface area contributed by atoms with Crippen LogP contribution >= 0.6 is 39.0 Å². The van der Waals surface area contributed by atoms with Gasteiger partial charge in [0.15, 0.2) is 0 Å². The van der Waals surface area contributed by atoms with E-state index in [1.165, 1.54) is 23.1 Å². The average molecular weight is 594 g/mol. The summed E-state index contributed by atoms with van der Waals surface area (Å²) in [5.74, 6) is -1.38. The summed E-state index contributed by atoms with van der Waals surface area (Å²) in [7, 11) is 0. The Labute approximate surface area is 233 Å². The highest BCUT2D eigenvalue weighted by molar-refractivity contribution is 9.10. The highest BCUT2D eigenvalue weighted by atomic mass is 79.9. The van der Waals surface area contributed by atoms with Crippen LogP contribution in [0.4, 0.5) is 5.69 Å². The van der Waals surface area contributed by atoms with E-state index in [1.54, 1.807) is 6.92 Å². The summed E-state index contributed by atoms with van der Waals surface area (Å²) < 4.78 is 1.02. The van der Waals surface area contributed by atoms with Crippen LogP contribution in [0, 0.1) is 17.2 Å². The summed E-state index contributed by atoms with van der Waals surface area (Å²) in [6.45, 7) is 2.31. The van der Waals surface area contributed by atoms with E-state index in [4.69, 9.17) is 0 Å². The van der Waals surface area contributed by atoms with Crippen LogP contribution in [0.3, 0.4) is 0 Å². The predicted octanol–water partition coefficient (Wildman–Crippen LogP) is 6.15. The minimum atomic E-state index is -0.667. The van der Waals surface area contributed by atoms with Crippen molar-refractivity contribution >= 4 is 61.6 Å². The number of halogens is 1. The van der Waals surface area contributed by atoms with E-state index < -0.39 is 11.8 Å². The van der Waals surface area contributed by atoms with Crippen LogP contribution in [0.2, 0.25) is 0 Å². The Hall–Kier alpha value is -3.19. The quantitative estimate of drug-likeness (QED) is 0.328. The van der Waals surface area contributed by atoms with Gasteiger partial charge in [0.1, 0.15) is 5.92 Å². The second-order valence-electron chi connectivity index (χ2n) is 8.38. The molecular formula is C28H25BrN4O2S2. The third-order valence-corrected chi connectivity index (χ3v) is 8.37. The molecule has 188 valence electrons. The lowest BCUT2D eigenvalue weighted by atomic mass is 9.82. The number of hydrogen-bond acceptors (Lipinski definition) is 6. The van der Waals surface area contributed by atoms with Crippen LogP contribution in [0.1, 0.15) is 23.3 Å². The van der Waals surface area contributed by atoms with Gasteiger partial charge in [0.2, 0.25) is 5.91 Å². The van der Waals surface area contributed by atoms with E-state index in [0.29, 0.717) is 28.5 Å². The van der Waals surface area contributed by atoms with E-state index in [9.17, 15) is 14.9 Å². The van der Waals surface area contributed by atoms with Crippen molar-refractivity contribution in [1.82, 2.24) is 5.32 Å². The van der Waals surface area contributed by atoms with Crippen LogP contribution in [-0.4, -0.2) is 29.2 Å². The molecule has 2 heterocycles. The number of nitrogens with zero attached hydrogens (tertiary/aromatic N) is 2. The lowest BCUT2D eigenvalue weighted by Gasteiger charge is -2.29. The van der Waals surface area contributed by atoms with Crippen molar-refractivity contribution in [2.75, 3.05) is 17.6 Å². The largest absolute Gasteiger partial charge is 0.355 e. The van der Waals surface area contributed by atoms with E-state index in [0.717, 1.165) is 21.3 Å². The molecular weight excluding hydrogens is 568 g/mol. The first-order valence-corrected chi connectivity index (χ1v) is 14.3. The molecule has 1 aliphatic heterocycles. The Morgan fingerprint density at radius 2 is 1.86 bits per heavy atom. The van der Waals surface area contributed by atoms with Gasteiger partial charge in [0, 0.05) is 38.8 Å². The van der Waals surface area contributed by atoms with Gasteiger partial charge in [-0.2, -0.15) is 5.26 Å². The van der Waals surface area contributed by atoms with Crippen molar-refractivity contribution in [1.29, 1.82) is 5.26 Å². The maximum Gasteiger partial charge on any atom is 0.254 e. The zero-order chi connectivity index (χ0) is 26.2. The number of nitriles is 1. The van der Waals surface area contributed by atoms with Gasteiger partial charge in [-0.1, -0.05) is 64.1 Å². The SMILES string of the molecule is CC1=C(C(=O)Nc2ccccc2)C(c2cccs2)C(C#N)C(SCC(=O)NCCc2ccc(Br)cc2)=N1. The molecule has 0 aliphatic carbocycles. The number of amides is 2. The molecule has 0 bridgehead atoms. The normalized spacial score (nSPS) is 17.1. The van der Waals surface area contributed by atoms with Gasteiger partial charge in [-0.25, -0.2) is 4.99 Å². The first-order chi connectivity index (χ1) is 18.0. The number of hydrogen-bond donors (Lipinski definition) is 2. The molecule has 2 N–H and O–H groups in total. The summed E-state index contributed by atoms with van der Waals surface area (Å²) in [5.41, 5.74) is 2.84. The average Bonchev–Trinajstić information content (AvgIpc) is 3.43. The second-order valence-corrected chi connectivity index (χ2v) is 11.3. The van der Waals surface area contributed by atoms with Gasteiger partial charge in [-0.05, 0) is 54.6 Å². The number of anilines is 1. The highest BCUT2D eigenvalue weighted by Gasteiger charge is 2.39. The fraction of sp³-hybridized carbons (Fsp3) is 0.214. The summed E-state index contributed by atoms with van der Waals surface area (Å²) in [4.78, 5) is 31.5. The molecule has 0 spiro atoms. The molecule has 3 aromatic rings. The minimum Gasteiger partial charge on any atom is -0.355 e. The first kappa shape index (κ1) is 26.9. The number of carbonyl (C=O) groups excluding carboxylic acids is 2. The summed E-state index contributed by atoms with van der Waals surface area (Å²) in [5, 5.41) is 18.5. The molecule has 9 heteroatoms. The van der Waals surface area contributed by atoms with Gasteiger partial charge in [-0.15, -0.1) is 11.3 Å². The molecule has 4 rings (SSSR count). The van der Waals surface area contributed by atoms with Gasteiger partial charge in [-0.3, -0.25) is 9.59 Å². The summed E-state index contributed by atoms with van der Waals surface area (Å²) in [6, 6.07) is 23.4. The summed E-state index contributed by atoms with van der Waals surface area (Å²) in [6.07, 6.45) is 0.730. The van der Waals surface area contributed by atoms with Gasteiger partial charge >= 0.3 is 0 Å². The molecule has 2 unspecified atom stereocenters. The minimum absolute atomic E-state index is 0.122. The Morgan fingerprint density at radius 3 is 2.54 bits per heavy atom. The fourth-order valence-electron chi connectivity index (χ4n) is 4.07. The monoisotopic (exact) mass is 592 g/mol. The van der Waals surface area contributed by atoms with E-state index in [2.05, 4.69) is 37.6 Å². The molecule has 1 aromatic heterocycles. The number of aliphatic imine (C=N–C) groups is 1. The molecule has 1 aliphatic rings. The Bertz CT molecular complexity index is 1350. The topological polar surface area (TPSA) is 94.4 Å². The van der Waals surface area contributed by atoms with Crippen molar-refractivity contribution < 1.29 is 9.59 Å². The fourth-order valence-corrected chi connectivity index (χ4v) is 6.16. The van der Waals surface area contributed by atoms with Crippen LogP contribution in [-0.2, 0) is 16.0 Å². The number of rotatable bonds is 8. The lowest BCUT2D eigenvalue weighted by Crippen LogP contribution is -2.32. The van der Waals surface area contributed by atoms with Crippen LogP contribution in [0.25, 0.3) is 0 Å². The van der Waals surface area contributed by atoms with Gasteiger partial charge in [0.25, 0.3) is 5.91 Å². The molecule has 2 amide bonds. The lowest BCUT2D eigenvalue weighted by molar-refractivity contribution is -0.118. The van der Waals surface area contributed by atoms with E-state index >= 15 is 0 Å². The van der Waals surface area contributed by atoms with Crippen molar-refractivity contribution in [3.05, 3.63) is 98.3 Å². The predicted molar refractivity (Wildman–Crippen MR) is 155 cm³/mol. The molecule has 0 saturated carbocycles. The smallest absolute Gasteiger partial charge is 0.254 e. The Morgan fingerprint density at radius 1 is 1.11 bits per heavy atom. The second kappa shape index (κ2) is 12.9. The van der Waals surface area contributed by atoms with Crippen LogP contribution < -0.4 is 10.6 Å². The third kappa shape index (κ3) is 6.98. The Balaban J connectivity index is 1.47. The number of carbonyl (C=O) groups is 2. The van der Waals surface area contributed by atoms with Gasteiger partial charge in [0.05, 0.1) is 16.9 Å². The zero-order valence-corrected chi connectivity index (χ0v) is 23.3. The third-order valence-electron chi connectivity index (χ3n) is 5.84. The van der Waals surface area contributed by atoms with Crippen LogP contribution in [0.5, 0.6) is 0 Å². The molecule has 0 saturated heterocycles. The van der Waals surface area contributed by atoms with Crippen molar-refractivity contribution in [2.24, 2.45) is 10.9 Å². The van der Waals surface area contributed by atoms with Gasteiger partial charge < -0.3 is 10.6 Å². The molecule has 2 aromatic carbocycles. The molecule has 2 atom stereocenters. The zero-order valence-electron chi connectivity index (χ0n) is 20.1. The van der Waals surface area contributed by atoms with E-state index in [1.807, 2.05) is 72.1 Å².